The van der Waals surface area contributed by atoms with Crippen LogP contribution in [0.5, 0.6) is 0 Å². The molecule has 1 aliphatic heterocycles. The van der Waals surface area contributed by atoms with Crippen molar-refractivity contribution in [3.05, 3.63) is 70.2 Å². The Morgan fingerprint density at radius 3 is 2.71 bits per heavy atom. The molecule has 3 rings (SSSR count). The predicted octanol–water partition coefficient (Wildman–Crippen LogP) is 3.98. The third kappa shape index (κ3) is 3.73. The average Bonchev–Trinajstić information content (AvgIpc) is 2.50. The molecule has 0 radical (unpaired) electrons. The average molecular weight is 345 g/mol. The van der Waals surface area contributed by atoms with Crippen molar-refractivity contribution in [3.63, 3.8) is 0 Å². The maximum Gasteiger partial charge on any atom is 0.0450 e. The van der Waals surface area contributed by atoms with Crippen LogP contribution in [-0.4, -0.2) is 24.0 Å². The van der Waals surface area contributed by atoms with E-state index in [1.54, 1.807) is 0 Å². The number of halogens is 1. The second-order valence-electron chi connectivity index (χ2n) is 5.78. The summed E-state index contributed by atoms with van der Waals surface area (Å²) in [7, 11) is 0. The van der Waals surface area contributed by atoms with Gasteiger partial charge >= 0.3 is 0 Å². The van der Waals surface area contributed by atoms with E-state index < -0.39 is 0 Å². The minimum atomic E-state index is 0.426. The summed E-state index contributed by atoms with van der Waals surface area (Å²) in [4.78, 5) is 2.57. The molecule has 0 aliphatic carbocycles. The Bertz CT molecular complexity index is 585. The van der Waals surface area contributed by atoms with Gasteiger partial charge in [0.2, 0.25) is 0 Å². The van der Waals surface area contributed by atoms with Crippen LogP contribution in [-0.2, 0) is 6.54 Å². The SMILES string of the molecule is CC1CNC(c2ccccc2)CN1Cc1cccc(Br)c1. The first kappa shape index (κ1) is 14.8. The summed E-state index contributed by atoms with van der Waals surface area (Å²) in [6, 6.07) is 20.3. The van der Waals surface area contributed by atoms with Gasteiger partial charge in [-0.15, -0.1) is 0 Å². The quantitative estimate of drug-likeness (QED) is 0.905. The molecule has 1 aliphatic rings. The van der Waals surface area contributed by atoms with Crippen LogP contribution in [0.4, 0.5) is 0 Å². The molecule has 0 bridgehead atoms. The van der Waals surface area contributed by atoms with E-state index in [4.69, 9.17) is 0 Å². The predicted molar refractivity (Wildman–Crippen MR) is 91.2 cm³/mol. The van der Waals surface area contributed by atoms with Crippen LogP contribution < -0.4 is 5.32 Å². The van der Waals surface area contributed by atoms with E-state index in [1.165, 1.54) is 11.1 Å². The Hall–Kier alpha value is -1.16. The summed E-state index contributed by atoms with van der Waals surface area (Å²) in [6.07, 6.45) is 0. The molecule has 3 heteroatoms. The molecule has 2 unspecified atom stereocenters. The Morgan fingerprint density at radius 1 is 1.14 bits per heavy atom. The van der Waals surface area contributed by atoms with Gasteiger partial charge in [0.15, 0.2) is 0 Å². The third-order valence-corrected chi connectivity index (χ3v) is 4.67. The monoisotopic (exact) mass is 344 g/mol. The molecule has 1 fully saturated rings. The van der Waals surface area contributed by atoms with Crippen molar-refractivity contribution in [1.82, 2.24) is 10.2 Å². The number of piperazine rings is 1. The molecular formula is C18H21BrN2. The van der Waals surface area contributed by atoms with E-state index in [0.717, 1.165) is 24.1 Å². The Morgan fingerprint density at radius 2 is 1.95 bits per heavy atom. The lowest BCUT2D eigenvalue weighted by Gasteiger charge is -2.39. The number of hydrogen-bond donors (Lipinski definition) is 1. The second-order valence-corrected chi connectivity index (χ2v) is 6.70. The van der Waals surface area contributed by atoms with E-state index in [0.29, 0.717) is 12.1 Å². The lowest BCUT2D eigenvalue weighted by Crippen LogP contribution is -2.50. The van der Waals surface area contributed by atoms with Crippen molar-refractivity contribution in [2.45, 2.75) is 25.6 Å². The molecule has 0 amide bonds. The van der Waals surface area contributed by atoms with Crippen molar-refractivity contribution in [1.29, 1.82) is 0 Å². The standard InChI is InChI=1S/C18H21BrN2/c1-14-11-20-18(16-7-3-2-4-8-16)13-21(14)12-15-6-5-9-17(19)10-15/h2-10,14,18,20H,11-13H2,1H3. The number of rotatable bonds is 3. The van der Waals surface area contributed by atoms with Crippen LogP contribution in [0.3, 0.4) is 0 Å². The molecule has 0 spiro atoms. The molecule has 1 saturated heterocycles. The Labute approximate surface area is 135 Å². The first-order valence-corrected chi connectivity index (χ1v) is 8.28. The maximum atomic E-state index is 3.66. The van der Waals surface area contributed by atoms with Crippen LogP contribution >= 0.6 is 15.9 Å². The lowest BCUT2D eigenvalue weighted by atomic mass is 10.0. The van der Waals surface area contributed by atoms with Crippen molar-refractivity contribution in [3.8, 4) is 0 Å². The molecule has 21 heavy (non-hydrogen) atoms. The van der Waals surface area contributed by atoms with Gasteiger partial charge in [0, 0.05) is 36.2 Å². The molecule has 1 N–H and O–H groups in total. The zero-order valence-electron chi connectivity index (χ0n) is 12.3. The fourth-order valence-corrected chi connectivity index (χ4v) is 3.37. The summed E-state index contributed by atoms with van der Waals surface area (Å²) >= 11 is 3.56. The highest BCUT2D eigenvalue weighted by atomic mass is 79.9. The molecule has 110 valence electrons. The molecule has 2 atom stereocenters. The van der Waals surface area contributed by atoms with E-state index in [2.05, 4.69) is 87.7 Å². The van der Waals surface area contributed by atoms with Crippen molar-refractivity contribution < 1.29 is 0 Å². The van der Waals surface area contributed by atoms with E-state index in [-0.39, 0.29) is 0 Å². The molecule has 2 aromatic rings. The van der Waals surface area contributed by atoms with Gasteiger partial charge in [0.1, 0.15) is 0 Å². The highest BCUT2D eigenvalue weighted by molar-refractivity contribution is 9.10. The fraction of sp³-hybridized carbons (Fsp3) is 0.333. The van der Waals surface area contributed by atoms with Gasteiger partial charge in [-0.2, -0.15) is 0 Å². The minimum Gasteiger partial charge on any atom is -0.307 e. The van der Waals surface area contributed by atoms with Gasteiger partial charge in [-0.25, -0.2) is 0 Å². The van der Waals surface area contributed by atoms with E-state index >= 15 is 0 Å². The van der Waals surface area contributed by atoms with Crippen LogP contribution in [0.15, 0.2) is 59.1 Å². The third-order valence-electron chi connectivity index (χ3n) is 4.18. The van der Waals surface area contributed by atoms with Gasteiger partial charge in [-0.1, -0.05) is 58.4 Å². The second kappa shape index (κ2) is 6.73. The molecule has 0 aromatic heterocycles. The summed E-state index contributed by atoms with van der Waals surface area (Å²) in [5, 5.41) is 3.66. The van der Waals surface area contributed by atoms with Crippen LogP contribution in [0, 0.1) is 0 Å². The van der Waals surface area contributed by atoms with Crippen molar-refractivity contribution in [2.24, 2.45) is 0 Å². The topological polar surface area (TPSA) is 15.3 Å². The normalized spacial score (nSPS) is 23.1. The van der Waals surface area contributed by atoms with E-state index in [9.17, 15) is 0 Å². The molecule has 0 saturated carbocycles. The van der Waals surface area contributed by atoms with Crippen molar-refractivity contribution >= 4 is 15.9 Å². The number of benzene rings is 2. The highest BCUT2D eigenvalue weighted by Gasteiger charge is 2.25. The van der Waals surface area contributed by atoms with Gasteiger partial charge in [-0.05, 0) is 30.2 Å². The maximum absolute atomic E-state index is 3.66. The summed E-state index contributed by atoms with van der Waals surface area (Å²) in [6.45, 7) is 5.39. The smallest absolute Gasteiger partial charge is 0.0450 e. The van der Waals surface area contributed by atoms with Gasteiger partial charge < -0.3 is 5.32 Å². The molecular weight excluding hydrogens is 324 g/mol. The van der Waals surface area contributed by atoms with Gasteiger partial charge in [0.25, 0.3) is 0 Å². The molecule has 2 nitrogen and oxygen atoms in total. The summed E-state index contributed by atoms with van der Waals surface area (Å²) in [5.41, 5.74) is 2.74. The van der Waals surface area contributed by atoms with Crippen LogP contribution in [0.2, 0.25) is 0 Å². The minimum absolute atomic E-state index is 0.426. The Kier molecular flexibility index (Phi) is 4.73. The number of nitrogens with one attached hydrogen (secondary N) is 1. The van der Waals surface area contributed by atoms with Gasteiger partial charge in [0.05, 0.1) is 0 Å². The number of nitrogens with zero attached hydrogens (tertiary/aromatic N) is 1. The summed E-state index contributed by atoms with van der Waals surface area (Å²) in [5.74, 6) is 0. The largest absolute Gasteiger partial charge is 0.307 e. The van der Waals surface area contributed by atoms with Crippen LogP contribution in [0.25, 0.3) is 0 Å². The zero-order chi connectivity index (χ0) is 14.7. The van der Waals surface area contributed by atoms with Crippen LogP contribution in [0.1, 0.15) is 24.1 Å². The van der Waals surface area contributed by atoms with Crippen molar-refractivity contribution in [2.75, 3.05) is 13.1 Å². The Balaban J connectivity index is 1.72. The zero-order valence-corrected chi connectivity index (χ0v) is 13.9. The first-order valence-electron chi connectivity index (χ1n) is 7.49. The summed E-state index contributed by atoms with van der Waals surface area (Å²) < 4.78 is 1.15. The van der Waals surface area contributed by atoms with E-state index in [1.807, 2.05) is 0 Å². The highest BCUT2D eigenvalue weighted by Crippen LogP contribution is 2.22. The number of hydrogen-bond acceptors (Lipinski definition) is 2. The molecule has 2 aromatic carbocycles. The lowest BCUT2D eigenvalue weighted by molar-refractivity contribution is 0.133. The molecule has 1 heterocycles. The fourth-order valence-electron chi connectivity index (χ4n) is 2.92. The first-order chi connectivity index (χ1) is 10.2. The van der Waals surface area contributed by atoms with Gasteiger partial charge in [-0.3, -0.25) is 4.90 Å².